The first-order valence-corrected chi connectivity index (χ1v) is 9.26. The summed E-state index contributed by atoms with van der Waals surface area (Å²) in [6, 6.07) is 5.41. The van der Waals surface area contributed by atoms with Crippen LogP contribution >= 0.6 is 11.3 Å². The molecule has 2 rings (SSSR count). The summed E-state index contributed by atoms with van der Waals surface area (Å²) in [5.74, 6) is -0.870. The molecule has 1 aromatic heterocycles. The minimum absolute atomic E-state index is 0.0842. The number of carbonyl (C=O) groups excluding carboxylic acids is 1. The molecule has 8 heteroatoms. The predicted molar refractivity (Wildman–Crippen MR) is 87.0 cm³/mol. The number of rotatable bonds is 6. The van der Waals surface area contributed by atoms with Crippen molar-refractivity contribution in [3.8, 4) is 0 Å². The van der Waals surface area contributed by atoms with Crippen LogP contribution in [0.5, 0.6) is 0 Å². The SMILES string of the molecule is C[C@H](NS(=O)(=O)c1ccc(F)cc1)C(=O)N(C)Cc1ccsc1. The van der Waals surface area contributed by atoms with E-state index in [1.165, 1.54) is 23.2 Å². The summed E-state index contributed by atoms with van der Waals surface area (Å²) < 4.78 is 39.6. The van der Waals surface area contributed by atoms with Crippen molar-refractivity contribution < 1.29 is 17.6 Å². The number of amides is 1. The summed E-state index contributed by atoms with van der Waals surface area (Å²) in [5, 5.41) is 3.84. The third-order valence-electron chi connectivity index (χ3n) is 3.20. The molecule has 1 amide bonds. The Bertz CT molecular complexity index is 759. The van der Waals surface area contributed by atoms with E-state index in [1.54, 1.807) is 7.05 Å². The van der Waals surface area contributed by atoms with Crippen molar-refractivity contribution in [3.63, 3.8) is 0 Å². The standard InChI is InChI=1S/C15H17FN2O3S2/c1-11(15(19)18(2)9-12-7-8-22-10-12)17-23(20,21)14-5-3-13(16)4-6-14/h3-8,10-11,17H,9H2,1-2H3/t11-/m0/s1. The van der Waals surface area contributed by atoms with Crippen molar-refractivity contribution in [2.24, 2.45) is 0 Å². The number of thiophene rings is 1. The molecule has 0 saturated heterocycles. The lowest BCUT2D eigenvalue weighted by atomic mass is 10.2. The second-order valence-corrected chi connectivity index (χ2v) is 7.62. The lowest BCUT2D eigenvalue weighted by Crippen LogP contribution is -2.45. The van der Waals surface area contributed by atoms with Crippen LogP contribution in [0, 0.1) is 5.82 Å². The molecule has 5 nitrogen and oxygen atoms in total. The van der Waals surface area contributed by atoms with Gasteiger partial charge in [0, 0.05) is 13.6 Å². The van der Waals surface area contributed by atoms with E-state index in [2.05, 4.69) is 4.72 Å². The number of carbonyl (C=O) groups is 1. The largest absolute Gasteiger partial charge is 0.340 e. The molecule has 0 fully saturated rings. The zero-order chi connectivity index (χ0) is 17.0. The summed E-state index contributed by atoms with van der Waals surface area (Å²) in [6.45, 7) is 1.89. The molecule has 2 aromatic rings. The highest BCUT2D eigenvalue weighted by Gasteiger charge is 2.24. The van der Waals surface area contributed by atoms with Gasteiger partial charge in [-0.2, -0.15) is 16.1 Å². The van der Waals surface area contributed by atoms with E-state index in [-0.39, 0.29) is 10.8 Å². The normalized spacial score (nSPS) is 12.8. The molecule has 0 spiro atoms. The van der Waals surface area contributed by atoms with Gasteiger partial charge in [0.1, 0.15) is 5.82 Å². The molecule has 0 saturated carbocycles. The minimum Gasteiger partial charge on any atom is -0.340 e. The van der Waals surface area contributed by atoms with Crippen LogP contribution in [0.1, 0.15) is 12.5 Å². The van der Waals surface area contributed by atoms with Crippen molar-refractivity contribution in [2.75, 3.05) is 7.05 Å². The maximum Gasteiger partial charge on any atom is 0.241 e. The molecule has 0 aliphatic rings. The van der Waals surface area contributed by atoms with E-state index in [1.807, 2.05) is 16.8 Å². The van der Waals surface area contributed by atoms with Gasteiger partial charge in [0.2, 0.25) is 15.9 Å². The van der Waals surface area contributed by atoms with Crippen LogP contribution in [0.3, 0.4) is 0 Å². The zero-order valence-corrected chi connectivity index (χ0v) is 14.3. The molecule has 124 valence electrons. The average Bonchev–Trinajstić information content (AvgIpc) is 2.99. The number of hydrogen-bond acceptors (Lipinski definition) is 4. The van der Waals surface area contributed by atoms with Crippen molar-refractivity contribution in [1.82, 2.24) is 9.62 Å². The Morgan fingerprint density at radius 2 is 1.96 bits per heavy atom. The quantitative estimate of drug-likeness (QED) is 0.863. The molecule has 1 N–H and O–H groups in total. The third kappa shape index (κ3) is 4.60. The van der Waals surface area contributed by atoms with Crippen LogP contribution in [0.2, 0.25) is 0 Å². The number of likely N-dealkylation sites (N-methyl/N-ethyl adjacent to an activating group) is 1. The topological polar surface area (TPSA) is 66.5 Å². The second kappa shape index (κ2) is 7.20. The smallest absolute Gasteiger partial charge is 0.241 e. The van der Waals surface area contributed by atoms with Crippen molar-refractivity contribution >= 4 is 27.3 Å². The number of nitrogens with zero attached hydrogens (tertiary/aromatic N) is 1. The summed E-state index contributed by atoms with van der Waals surface area (Å²) >= 11 is 1.53. The molecular formula is C15H17FN2O3S2. The van der Waals surface area contributed by atoms with Crippen LogP contribution in [0.15, 0.2) is 46.0 Å². The fourth-order valence-corrected chi connectivity index (χ4v) is 3.89. The molecule has 1 atom stereocenters. The van der Waals surface area contributed by atoms with Crippen LogP contribution < -0.4 is 4.72 Å². The molecule has 1 heterocycles. The molecule has 0 aliphatic carbocycles. The highest BCUT2D eigenvalue weighted by atomic mass is 32.2. The lowest BCUT2D eigenvalue weighted by Gasteiger charge is -2.21. The number of hydrogen-bond donors (Lipinski definition) is 1. The summed E-state index contributed by atoms with van der Waals surface area (Å²) in [6.07, 6.45) is 0. The van der Waals surface area contributed by atoms with Gasteiger partial charge in [0.15, 0.2) is 0 Å². The van der Waals surface area contributed by atoms with Crippen LogP contribution in [-0.2, 0) is 21.4 Å². The van der Waals surface area contributed by atoms with Crippen LogP contribution in [0.25, 0.3) is 0 Å². The monoisotopic (exact) mass is 356 g/mol. The van der Waals surface area contributed by atoms with Crippen LogP contribution in [0.4, 0.5) is 4.39 Å². The number of halogens is 1. The van der Waals surface area contributed by atoms with Crippen molar-refractivity contribution in [1.29, 1.82) is 0 Å². The molecular weight excluding hydrogens is 339 g/mol. The molecule has 0 radical (unpaired) electrons. The highest BCUT2D eigenvalue weighted by molar-refractivity contribution is 7.89. The summed E-state index contributed by atoms with van der Waals surface area (Å²) in [5.41, 5.74) is 0.986. The van der Waals surface area contributed by atoms with E-state index >= 15 is 0 Å². The van der Waals surface area contributed by atoms with Gasteiger partial charge in [0.25, 0.3) is 0 Å². The molecule has 0 bridgehead atoms. The fraction of sp³-hybridized carbons (Fsp3) is 0.267. The number of sulfonamides is 1. The van der Waals surface area contributed by atoms with Gasteiger partial charge in [-0.3, -0.25) is 4.79 Å². The number of nitrogens with one attached hydrogen (secondary N) is 1. The lowest BCUT2D eigenvalue weighted by molar-refractivity contribution is -0.131. The maximum atomic E-state index is 12.9. The maximum absolute atomic E-state index is 12.9. The first kappa shape index (κ1) is 17.6. The third-order valence-corrected chi connectivity index (χ3v) is 5.49. The Morgan fingerprint density at radius 3 is 2.52 bits per heavy atom. The molecule has 1 aromatic carbocycles. The minimum atomic E-state index is -3.88. The van der Waals surface area contributed by atoms with Crippen molar-refractivity contribution in [3.05, 3.63) is 52.5 Å². The van der Waals surface area contributed by atoms with E-state index in [9.17, 15) is 17.6 Å². The molecule has 0 aliphatic heterocycles. The second-order valence-electron chi connectivity index (χ2n) is 5.12. The van der Waals surface area contributed by atoms with E-state index in [0.29, 0.717) is 6.54 Å². The van der Waals surface area contributed by atoms with Gasteiger partial charge < -0.3 is 4.90 Å². The Labute approximate surface area is 138 Å². The Balaban J connectivity index is 2.03. The van der Waals surface area contributed by atoms with E-state index in [0.717, 1.165) is 29.8 Å². The zero-order valence-electron chi connectivity index (χ0n) is 12.7. The van der Waals surface area contributed by atoms with Gasteiger partial charge in [-0.1, -0.05) is 0 Å². The van der Waals surface area contributed by atoms with Crippen LogP contribution in [-0.4, -0.2) is 32.3 Å². The number of benzene rings is 1. The molecule has 23 heavy (non-hydrogen) atoms. The van der Waals surface area contributed by atoms with E-state index < -0.39 is 21.9 Å². The van der Waals surface area contributed by atoms with Gasteiger partial charge >= 0.3 is 0 Å². The summed E-state index contributed by atoms with van der Waals surface area (Å²) in [7, 11) is -2.27. The Kier molecular flexibility index (Phi) is 5.51. The first-order valence-electron chi connectivity index (χ1n) is 6.83. The van der Waals surface area contributed by atoms with Crippen molar-refractivity contribution in [2.45, 2.75) is 24.4 Å². The average molecular weight is 356 g/mol. The Morgan fingerprint density at radius 1 is 1.30 bits per heavy atom. The molecule has 0 unspecified atom stereocenters. The fourth-order valence-electron chi connectivity index (χ4n) is 2.03. The Hall–Kier alpha value is -1.77. The van der Waals surface area contributed by atoms with Gasteiger partial charge in [-0.05, 0) is 53.6 Å². The van der Waals surface area contributed by atoms with Gasteiger partial charge in [0.05, 0.1) is 10.9 Å². The van der Waals surface area contributed by atoms with Gasteiger partial charge in [-0.15, -0.1) is 0 Å². The first-order chi connectivity index (χ1) is 10.8. The highest BCUT2D eigenvalue weighted by Crippen LogP contribution is 2.12. The van der Waals surface area contributed by atoms with E-state index in [4.69, 9.17) is 0 Å². The van der Waals surface area contributed by atoms with Gasteiger partial charge in [-0.25, -0.2) is 12.8 Å². The summed E-state index contributed by atoms with van der Waals surface area (Å²) in [4.78, 5) is 13.6. The predicted octanol–water partition coefficient (Wildman–Crippen LogP) is 2.21.